The summed E-state index contributed by atoms with van der Waals surface area (Å²) in [6.07, 6.45) is 10.8. The molecule has 2 rings (SSSR count). The first-order valence-electron chi connectivity index (χ1n) is 9.87. The van der Waals surface area contributed by atoms with E-state index in [9.17, 15) is 4.79 Å². The molecule has 0 amide bonds. The van der Waals surface area contributed by atoms with Gasteiger partial charge in [0.05, 0.1) is 5.56 Å². The molecule has 0 bridgehead atoms. The summed E-state index contributed by atoms with van der Waals surface area (Å²) in [6, 6.07) is 6.75. The van der Waals surface area contributed by atoms with E-state index in [-0.39, 0.29) is 0 Å². The van der Waals surface area contributed by atoms with Crippen LogP contribution in [0.15, 0.2) is 59.2 Å². The molecule has 1 heterocycles. The zero-order chi connectivity index (χ0) is 20.2. The topological polar surface area (TPSA) is 40.5 Å². The molecule has 0 aliphatic carbocycles. The van der Waals surface area contributed by atoms with Gasteiger partial charge in [0, 0.05) is 6.54 Å². The highest BCUT2D eigenvalue weighted by Crippen LogP contribution is 2.20. The highest BCUT2D eigenvalue weighted by molar-refractivity contribution is 5.87. The second kappa shape index (κ2) is 12.3. The first-order valence-corrected chi connectivity index (χ1v) is 9.87. The maximum Gasteiger partial charge on any atom is 0.335 e. The van der Waals surface area contributed by atoms with E-state index in [2.05, 4.69) is 50.8 Å². The van der Waals surface area contributed by atoms with E-state index in [0.29, 0.717) is 5.56 Å². The first kappa shape index (κ1) is 22.9. The molecular formula is C24H35NO2. The zero-order valence-corrected chi connectivity index (χ0v) is 17.6. The number of aryl methyl sites for hydroxylation is 1. The van der Waals surface area contributed by atoms with Crippen molar-refractivity contribution in [2.75, 3.05) is 19.6 Å². The maximum atomic E-state index is 10.3. The second-order valence-corrected chi connectivity index (χ2v) is 7.24. The lowest BCUT2D eigenvalue weighted by atomic mass is 9.99. The average Bonchev–Trinajstić information content (AvgIpc) is 2.66. The van der Waals surface area contributed by atoms with Crippen molar-refractivity contribution in [3.05, 3.63) is 70.3 Å². The van der Waals surface area contributed by atoms with Crippen LogP contribution < -0.4 is 0 Å². The van der Waals surface area contributed by atoms with Crippen LogP contribution >= 0.6 is 0 Å². The molecule has 1 fully saturated rings. The van der Waals surface area contributed by atoms with Crippen LogP contribution in [0, 0.1) is 6.92 Å². The van der Waals surface area contributed by atoms with Crippen molar-refractivity contribution >= 4 is 5.97 Å². The van der Waals surface area contributed by atoms with E-state index >= 15 is 0 Å². The molecule has 1 aliphatic heterocycles. The van der Waals surface area contributed by atoms with Gasteiger partial charge in [-0.05, 0) is 83.8 Å². The van der Waals surface area contributed by atoms with Crippen LogP contribution in [0.5, 0.6) is 0 Å². The number of hydrogen-bond acceptors (Lipinski definition) is 2. The van der Waals surface area contributed by atoms with Crippen LogP contribution in [0.2, 0.25) is 0 Å². The van der Waals surface area contributed by atoms with Crippen molar-refractivity contribution in [1.29, 1.82) is 0 Å². The monoisotopic (exact) mass is 369 g/mol. The summed E-state index contributed by atoms with van der Waals surface area (Å²) in [6.45, 7) is 14.2. The average molecular weight is 370 g/mol. The lowest BCUT2D eigenvalue weighted by Crippen LogP contribution is -2.31. The number of rotatable bonds is 5. The Balaban J connectivity index is 0.000000309. The quantitative estimate of drug-likeness (QED) is 0.645. The molecule has 0 spiro atoms. The lowest BCUT2D eigenvalue weighted by molar-refractivity contribution is 0.0697. The Kier molecular flexibility index (Phi) is 10.4. The molecular weight excluding hydrogens is 334 g/mol. The van der Waals surface area contributed by atoms with E-state index in [4.69, 9.17) is 5.11 Å². The molecule has 0 aromatic heterocycles. The molecule has 0 unspecified atom stereocenters. The summed E-state index contributed by atoms with van der Waals surface area (Å²) < 4.78 is 0. The van der Waals surface area contributed by atoms with Gasteiger partial charge in [0.1, 0.15) is 0 Å². The van der Waals surface area contributed by atoms with Gasteiger partial charge in [0.2, 0.25) is 0 Å². The summed E-state index contributed by atoms with van der Waals surface area (Å²) >= 11 is 0. The van der Waals surface area contributed by atoms with Crippen molar-refractivity contribution < 1.29 is 9.90 Å². The molecule has 0 radical (unpaired) electrons. The van der Waals surface area contributed by atoms with Gasteiger partial charge in [0.15, 0.2) is 0 Å². The minimum Gasteiger partial charge on any atom is -0.478 e. The summed E-state index contributed by atoms with van der Waals surface area (Å²) in [5.74, 6) is -0.875. The molecule has 27 heavy (non-hydrogen) atoms. The van der Waals surface area contributed by atoms with Crippen molar-refractivity contribution in [3.63, 3.8) is 0 Å². The molecule has 148 valence electrons. The first-order chi connectivity index (χ1) is 12.9. The molecule has 1 N–H and O–H groups in total. The van der Waals surface area contributed by atoms with Gasteiger partial charge in [-0.1, -0.05) is 47.9 Å². The second-order valence-electron chi connectivity index (χ2n) is 7.24. The van der Waals surface area contributed by atoms with E-state index < -0.39 is 5.97 Å². The number of hydrogen-bond donors (Lipinski definition) is 1. The number of benzene rings is 1. The number of aromatic carboxylic acids is 1. The van der Waals surface area contributed by atoms with Gasteiger partial charge in [-0.25, -0.2) is 4.79 Å². The number of carbonyl (C=O) groups is 1. The fraction of sp³-hybridized carbons (Fsp3) is 0.458. The molecule has 3 heteroatoms. The molecule has 1 aromatic carbocycles. The van der Waals surface area contributed by atoms with Gasteiger partial charge in [0.25, 0.3) is 0 Å². The summed E-state index contributed by atoms with van der Waals surface area (Å²) in [5.41, 5.74) is 5.72. The SMILES string of the molecule is C/C=C\C(=C(C)C)/C(=C\C)CN1CCCCC1.Cc1ccc(C(=O)O)cc1. The normalized spacial score (nSPS) is 15.2. The van der Waals surface area contributed by atoms with Crippen molar-refractivity contribution in [2.45, 2.75) is 53.9 Å². The molecule has 0 saturated carbocycles. The standard InChI is InChI=1S/C16H27N.C8H8O2/c1-5-10-16(14(3)4)15(6-2)13-17-11-8-7-9-12-17;1-6-2-4-7(5-3-6)8(9)10/h5-6,10H,7-9,11-13H2,1-4H3;2-5H,1H3,(H,9,10)/b10-5-,15-6-;. The Hall–Kier alpha value is -2.13. The zero-order valence-electron chi connectivity index (χ0n) is 17.6. The van der Waals surface area contributed by atoms with E-state index in [0.717, 1.165) is 12.1 Å². The number of likely N-dealkylation sites (tertiary alicyclic amines) is 1. The van der Waals surface area contributed by atoms with Crippen LogP contribution in [0.1, 0.15) is 62.9 Å². The fourth-order valence-corrected chi connectivity index (χ4v) is 3.15. The number of nitrogens with zero attached hydrogens (tertiary/aromatic N) is 1. The Labute approximate surface area is 165 Å². The number of carboxylic acids is 1. The van der Waals surface area contributed by atoms with Crippen LogP contribution in [-0.2, 0) is 0 Å². The van der Waals surface area contributed by atoms with E-state index in [1.165, 1.54) is 49.1 Å². The van der Waals surface area contributed by atoms with Crippen molar-refractivity contribution in [2.24, 2.45) is 0 Å². The van der Waals surface area contributed by atoms with Crippen molar-refractivity contribution in [3.8, 4) is 0 Å². The van der Waals surface area contributed by atoms with Crippen LogP contribution in [0.4, 0.5) is 0 Å². The smallest absolute Gasteiger partial charge is 0.335 e. The van der Waals surface area contributed by atoms with Crippen LogP contribution in [0.25, 0.3) is 0 Å². The Bertz CT molecular complexity index is 671. The minimum atomic E-state index is -0.875. The van der Waals surface area contributed by atoms with Crippen LogP contribution in [0.3, 0.4) is 0 Å². The van der Waals surface area contributed by atoms with E-state index in [1.807, 2.05) is 6.92 Å². The van der Waals surface area contributed by atoms with Gasteiger partial charge >= 0.3 is 5.97 Å². The number of allylic oxidation sites excluding steroid dienone is 4. The highest BCUT2D eigenvalue weighted by Gasteiger charge is 2.13. The highest BCUT2D eigenvalue weighted by atomic mass is 16.4. The van der Waals surface area contributed by atoms with Gasteiger partial charge in [-0.15, -0.1) is 0 Å². The molecule has 3 nitrogen and oxygen atoms in total. The molecule has 1 aliphatic rings. The Morgan fingerprint density at radius 3 is 2.11 bits per heavy atom. The lowest BCUT2D eigenvalue weighted by Gasteiger charge is -2.28. The van der Waals surface area contributed by atoms with Gasteiger partial charge in [-0.3, -0.25) is 4.90 Å². The van der Waals surface area contributed by atoms with Crippen LogP contribution in [-0.4, -0.2) is 35.6 Å². The fourth-order valence-electron chi connectivity index (χ4n) is 3.15. The predicted octanol–water partition coefficient (Wildman–Crippen LogP) is 6.02. The summed E-state index contributed by atoms with van der Waals surface area (Å²) in [5, 5.41) is 8.48. The summed E-state index contributed by atoms with van der Waals surface area (Å²) in [7, 11) is 0. The van der Waals surface area contributed by atoms with Gasteiger partial charge in [-0.2, -0.15) is 0 Å². The molecule has 1 saturated heterocycles. The third kappa shape index (κ3) is 8.40. The van der Waals surface area contributed by atoms with E-state index in [1.54, 1.807) is 24.3 Å². The number of piperidine rings is 1. The minimum absolute atomic E-state index is 0.339. The van der Waals surface area contributed by atoms with Crippen molar-refractivity contribution in [1.82, 2.24) is 4.90 Å². The largest absolute Gasteiger partial charge is 0.478 e. The van der Waals surface area contributed by atoms with Gasteiger partial charge < -0.3 is 5.11 Å². The maximum absolute atomic E-state index is 10.3. The Morgan fingerprint density at radius 2 is 1.67 bits per heavy atom. The predicted molar refractivity (Wildman–Crippen MR) is 115 cm³/mol. The third-order valence-corrected chi connectivity index (χ3v) is 4.71. The number of carboxylic acid groups (broad SMARTS) is 1. The molecule has 0 atom stereocenters. The summed E-state index contributed by atoms with van der Waals surface area (Å²) in [4.78, 5) is 12.9. The Morgan fingerprint density at radius 1 is 1.07 bits per heavy atom. The molecule has 1 aromatic rings. The third-order valence-electron chi connectivity index (χ3n) is 4.71.